The summed E-state index contributed by atoms with van der Waals surface area (Å²) in [6, 6.07) is 17.0. The van der Waals surface area contributed by atoms with E-state index in [0.717, 1.165) is 14.2 Å². The van der Waals surface area contributed by atoms with Crippen LogP contribution in [-0.2, 0) is 9.09 Å². The van der Waals surface area contributed by atoms with Gasteiger partial charge in [-0.1, -0.05) is 18.2 Å². The average molecular weight is 372 g/mol. The maximum Gasteiger partial charge on any atom is 0.261 e. The molecule has 2 aromatic carbocycles. The SMILES string of the molecule is CCOP(=O)(c1ccccc1)c1ccc(I)cc1. The predicted molar refractivity (Wildman–Crippen MR) is 84.1 cm³/mol. The van der Waals surface area contributed by atoms with Crippen LogP contribution in [0.5, 0.6) is 0 Å². The van der Waals surface area contributed by atoms with Crippen molar-refractivity contribution in [2.75, 3.05) is 6.61 Å². The molecule has 0 aliphatic carbocycles. The third-order valence-electron chi connectivity index (χ3n) is 2.57. The normalized spacial score (nSPS) is 14.1. The van der Waals surface area contributed by atoms with Crippen LogP contribution in [0.1, 0.15) is 6.92 Å². The van der Waals surface area contributed by atoms with Gasteiger partial charge in [0.05, 0.1) is 6.61 Å². The third-order valence-corrected chi connectivity index (χ3v) is 5.87. The molecule has 94 valence electrons. The summed E-state index contributed by atoms with van der Waals surface area (Å²) in [5, 5.41) is 1.49. The Bertz CT molecular complexity index is 552. The van der Waals surface area contributed by atoms with Gasteiger partial charge in [-0.2, -0.15) is 0 Å². The van der Waals surface area contributed by atoms with Crippen molar-refractivity contribution in [3.05, 3.63) is 58.2 Å². The highest BCUT2D eigenvalue weighted by atomic mass is 127. The highest BCUT2D eigenvalue weighted by Gasteiger charge is 2.27. The van der Waals surface area contributed by atoms with E-state index in [4.69, 9.17) is 4.52 Å². The Hall–Kier alpha value is -0.640. The fraction of sp³-hybridized carbons (Fsp3) is 0.143. The number of benzene rings is 2. The first-order valence-corrected chi connectivity index (χ1v) is 8.43. The van der Waals surface area contributed by atoms with Gasteiger partial charge in [-0.15, -0.1) is 0 Å². The van der Waals surface area contributed by atoms with Crippen LogP contribution in [0.15, 0.2) is 54.6 Å². The molecule has 1 unspecified atom stereocenters. The summed E-state index contributed by atoms with van der Waals surface area (Å²) in [5.74, 6) is 0. The minimum atomic E-state index is -2.95. The molecule has 1 atom stereocenters. The van der Waals surface area contributed by atoms with Gasteiger partial charge in [0, 0.05) is 14.2 Å². The van der Waals surface area contributed by atoms with Gasteiger partial charge in [-0.25, -0.2) is 0 Å². The zero-order valence-corrected chi connectivity index (χ0v) is 13.1. The number of halogens is 1. The van der Waals surface area contributed by atoms with Crippen LogP contribution >= 0.6 is 30.0 Å². The van der Waals surface area contributed by atoms with Crippen molar-refractivity contribution in [1.82, 2.24) is 0 Å². The molecule has 0 heterocycles. The second-order valence-electron chi connectivity index (χ2n) is 3.78. The lowest BCUT2D eigenvalue weighted by Crippen LogP contribution is -2.18. The highest BCUT2D eigenvalue weighted by Crippen LogP contribution is 2.44. The first kappa shape index (κ1) is 13.8. The van der Waals surface area contributed by atoms with Crippen LogP contribution in [0, 0.1) is 3.57 Å². The van der Waals surface area contributed by atoms with Crippen LogP contribution < -0.4 is 10.6 Å². The van der Waals surface area contributed by atoms with Gasteiger partial charge in [-0.05, 0) is 65.9 Å². The summed E-state index contributed by atoms with van der Waals surface area (Å²) in [6.45, 7) is 2.29. The number of hydrogen-bond donors (Lipinski definition) is 0. The molecular weight excluding hydrogens is 358 g/mol. The molecule has 0 saturated heterocycles. The average Bonchev–Trinajstić information content (AvgIpc) is 2.40. The van der Waals surface area contributed by atoms with Crippen LogP contribution in [0.3, 0.4) is 0 Å². The fourth-order valence-electron chi connectivity index (χ4n) is 1.74. The summed E-state index contributed by atoms with van der Waals surface area (Å²) in [6.07, 6.45) is 0. The molecule has 4 heteroatoms. The van der Waals surface area contributed by atoms with Crippen LogP contribution in [-0.4, -0.2) is 6.61 Å². The molecule has 0 amide bonds. The minimum absolute atomic E-state index is 0.429. The van der Waals surface area contributed by atoms with Crippen LogP contribution in [0.4, 0.5) is 0 Å². The number of rotatable bonds is 4. The largest absolute Gasteiger partial charge is 0.322 e. The molecule has 2 nitrogen and oxygen atoms in total. The van der Waals surface area contributed by atoms with E-state index in [-0.39, 0.29) is 0 Å². The first-order valence-electron chi connectivity index (χ1n) is 5.73. The zero-order chi connectivity index (χ0) is 13.0. The zero-order valence-electron chi connectivity index (χ0n) is 10.0. The van der Waals surface area contributed by atoms with Crippen molar-refractivity contribution in [3.8, 4) is 0 Å². The van der Waals surface area contributed by atoms with E-state index >= 15 is 0 Å². The second kappa shape index (κ2) is 6.00. The molecule has 0 aliphatic heterocycles. The monoisotopic (exact) mass is 372 g/mol. The molecule has 0 bridgehead atoms. The molecule has 0 N–H and O–H groups in total. The molecule has 0 radical (unpaired) electrons. The third kappa shape index (κ3) is 2.85. The van der Waals surface area contributed by atoms with Crippen molar-refractivity contribution in [2.24, 2.45) is 0 Å². The molecule has 0 aromatic heterocycles. The van der Waals surface area contributed by atoms with E-state index in [1.807, 2.05) is 61.5 Å². The lowest BCUT2D eigenvalue weighted by Gasteiger charge is -2.18. The summed E-state index contributed by atoms with van der Waals surface area (Å²) in [4.78, 5) is 0. The summed E-state index contributed by atoms with van der Waals surface area (Å²) in [5.41, 5.74) is 0. The van der Waals surface area contributed by atoms with Crippen molar-refractivity contribution < 1.29 is 9.09 Å². The summed E-state index contributed by atoms with van der Waals surface area (Å²) < 4.78 is 19.8. The van der Waals surface area contributed by atoms with Crippen molar-refractivity contribution in [2.45, 2.75) is 6.92 Å². The topological polar surface area (TPSA) is 26.3 Å². The van der Waals surface area contributed by atoms with Gasteiger partial charge in [0.25, 0.3) is 7.37 Å². The molecule has 0 fully saturated rings. The molecule has 0 spiro atoms. The van der Waals surface area contributed by atoms with Gasteiger partial charge < -0.3 is 4.52 Å². The highest BCUT2D eigenvalue weighted by molar-refractivity contribution is 14.1. The van der Waals surface area contributed by atoms with Crippen molar-refractivity contribution in [3.63, 3.8) is 0 Å². The van der Waals surface area contributed by atoms with E-state index in [1.165, 1.54) is 0 Å². The van der Waals surface area contributed by atoms with Crippen LogP contribution in [0.25, 0.3) is 0 Å². The molecule has 2 rings (SSSR count). The Morgan fingerprint density at radius 1 is 1.00 bits per heavy atom. The van der Waals surface area contributed by atoms with Crippen LogP contribution in [0.2, 0.25) is 0 Å². The maximum atomic E-state index is 13.1. The Morgan fingerprint density at radius 3 is 2.11 bits per heavy atom. The van der Waals surface area contributed by atoms with Gasteiger partial charge in [-0.3, -0.25) is 4.57 Å². The molecule has 0 saturated carbocycles. The minimum Gasteiger partial charge on any atom is -0.322 e. The molecule has 2 aromatic rings. The Labute approximate surface area is 121 Å². The first-order chi connectivity index (χ1) is 8.66. The van der Waals surface area contributed by atoms with E-state index in [9.17, 15) is 4.57 Å². The quantitative estimate of drug-likeness (QED) is 0.606. The van der Waals surface area contributed by atoms with Gasteiger partial charge in [0.2, 0.25) is 0 Å². The lowest BCUT2D eigenvalue weighted by molar-refractivity contribution is 0.348. The van der Waals surface area contributed by atoms with Crippen molar-refractivity contribution in [1.29, 1.82) is 0 Å². The summed E-state index contributed by atoms with van der Waals surface area (Å²) in [7, 11) is -2.95. The van der Waals surface area contributed by atoms with E-state index in [0.29, 0.717) is 6.61 Å². The molecule has 18 heavy (non-hydrogen) atoms. The Kier molecular flexibility index (Phi) is 4.60. The lowest BCUT2D eigenvalue weighted by atomic mass is 10.4. The Balaban J connectivity index is 2.51. The van der Waals surface area contributed by atoms with E-state index < -0.39 is 7.37 Å². The van der Waals surface area contributed by atoms with Crippen molar-refractivity contribution >= 4 is 40.6 Å². The molecular formula is C14H14IO2P. The summed E-state index contributed by atoms with van der Waals surface area (Å²) >= 11 is 2.23. The van der Waals surface area contributed by atoms with Gasteiger partial charge in [0.15, 0.2) is 0 Å². The fourth-order valence-corrected chi connectivity index (χ4v) is 4.17. The van der Waals surface area contributed by atoms with E-state index in [2.05, 4.69) is 22.6 Å². The standard InChI is InChI=1S/C14H14IO2P/c1-2-17-18(16,13-6-4-3-5-7-13)14-10-8-12(15)9-11-14/h3-11H,2H2,1H3. The molecule has 0 aliphatic rings. The van der Waals surface area contributed by atoms with Gasteiger partial charge in [0.1, 0.15) is 0 Å². The number of hydrogen-bond acceptors (Lipinski definition) is 2. The predicted octanol–water partition coefficient (Wildman–Crippen LogP) is 3.56. The maximum absolute atomic E-state index is 13.1. The second-order valence-corrected chi connectivity index (χ2v) is 7.42. The van der Waals surface area contributed by atoms with Gasteiger partial charge >= 0.3 is 0 Å². The smallest absolute Gasteiger partial charge is 0.261 e. The Morgan fingerprint density at radius 2 is 1.56 bits per heavy atom. The van der Waals surface area contributed by atoms with E-state index in [1.54, 1.807) is 0 Å².